The first-order chi connectivity index (χ1) is 7.63. The topological polar surface area (TPSA) is 86.7 Å². The molecule has 2 unspecified atom stereocenters. The van der Waals surface area contributed by atoms with Gasteiger partial charge >= 0.3 is 6.09 Å². The van der Waals surface area contributed by atoms with Gasteiger partial charge in [-0.15, -0.1) is 0 Å². The van der Waals surface area contributed by atoms with E-state index in [0.717, 1.165) is 0 Å². The first kappa shape index (κ1) is 13.4. The van der Waals surface area contributed by atoms with Gasteiger partial charge < -0.3 is 14.6 Å². The molecule has 1 aliphatic rings. The van der Waals surface area contributed by atoms with Gasteiger partial charge in [0, 0.05) is 6.42 Å². The number of hydrogen-bond donors (Lipinski definition) is 0. The summed E-state index contributed by atoms with van der Waals surface area (Å²) < 4.78 is 17.9. The summed E-state index contributed by atoms with van der Waals surface area (Å²) >= 11 is 0. The highest BCUT2D eigenvalue weighted by Crippen LogP contribution is 2.24. The highest BCUT2D eigenvalue weighted by molar-refractivity contribution is 6.01. The maximum Gasteiger partial charge on any atom is 0.417 e. The molecule has 2 atom stereocenters. The lowest BCUT2D eigenvalue weighted by molar-refractivity contribution is -0.310. The number of rotatable bonds is 1. The standard InChI is InChI=1S/C10H14FNO5/c1-10(2,3)17-9(16)12-6(8(14)15)4-5(11)7(12)13/h5-6H,4H2,1-3H3,(H,14,15)/p-1. The largest absolute Gasteiger partial charge is 0.548 e. The van der Waals surface area contributed by atoms with Gasteiger partial charge in [0.1, 0.15) is 5.60 Å². The van der Waals surface area contributed by atoms with E-state index < -0.39 is 42.2 Å². The Morgan fingerprint density at radius 1 is 1.47 bits per heavy atom. The molecular weight excluding hydrogens is 233 g/mol. The zero-order chi connectivity index (χ0) is 13.4. The number of aliphatic carboxylic acids is 1. The number of imide groups is 1. The van der Waals surface area contributed by atoms with Crippen molar-refractivity contribution < 1.29 is 28.6 Å². The summed E-state index contributed by atoms with van der Waals surface area (Å²) in [5, 5.41) is 10.7. The second-order valence-electron chi connectivity index (χ2n) is 4.73. The van der Waals surface area contributed by atoms with Crippen molar-refractivity contribution in [2.24, 2.45) is 0 Å². The molecule has 0 aromatic rings. The van der Waals surface area contributed by atoms with Crippen LogP contribution in [0.3, 0.4) is 0 Å². The fourth-order valence-electron chi connectivity index (χ4n) is 1.44. The van der Waals surface area contributed by atoms with E-state index in [1.807, 2.05) is 0 Å². The molecule has 7 heteroatoms. The lowest BCUT2D eigenvalue weighted by Gasteiger charge is -2.27. The molecule has 0 aliphatic carbocycles. The van der Waals surface area contributed by atoms with Crippen LogP contribution in [-0.4, -0.2) is 40.7 Å². The zero-order valence-electron chi connectivity index (χ0n) is 9.73. The average molecular weight is 246 g/mol. The molecule has 0 aromatic carbocycles. The lowest BCUT2D eigenvalue weighted by atomic mass is 10.2. The van der Waals surface area contributed by atoms with Gasteiger partial charge in [0.2, 0.25) is 0 Å². The Labute approximate surface area is 97.3 Å². The maximum atomic E-state index is 13.1. The minimum Gasteiger partial charge on any atom is -0.548 e. The van der Waals surface area contributed by atoms with Gasteiger partial charge in [0.15, 0.2) is 6.17 Å². The number of halogens is 1. The van der Waals surface area contributed by atoms with Crippen molar-refractivity contribution >= 4 is 18.0 Å². The molecule has 1 rings (SSSR count). The molecule has 1 fully saturated rings. The van der Waals surface area contributed by atoms with Crippen molar-refractivity contribution in [1.29, 1.82) is 0 Å². The number of ether oxygens (including phenoxy) is 1. The molecule has 6 nitrogen and oxygen atoms in total. The second kappa shape index (κ2) is 4.31. The number of carboxylic acids is 1. The predicted molar refractivity (Wildman–Crippen MR) is 51.4 cm³/mol. The highest BCUT2D eigenvalue weighted by Gasteiger charge is 2.45. The zero-order valence-corrected chi connectivity index (χ0v) is 9.73. The normalized spacial score (nSPS) is 24.9. The van der Waals surface area contributed by atoms with Crippen LogP contribution >= 0.6 is 0 Å². The Morgan fingerprint density at radius 2 is 2.00 bits per heavy atom. The molecular formula is C10H13FNO5-. The van der Waals surface area contributed by atoms with Crippen molar-refractivity contribution in [1.82, 2.24) is 4.90 Å². The summed E-state index contributed by atoms with van der Waals surface area (Å²) in [6.07, 6.45) is -3.78. The number of nitrogens with zero attached hydrogens (tertiary/aromatic N) is 1. The first-order valence-corrected chi connectivity index (χ1v) is 5.04. The van der Waals surface area contributed by atoms with Gasteiger partial charge in [0.25, 0.3) is 5.91 Å². The molecule has 0 aromatic heterocycles. The van der Waals surface area contributed by atoms with Crippen LogP contribution in [0.15, 0.2) is 0 Å². The number of alkyl halides is 1. The van der Waals surface area contributed by atoms with E-state index in [1.165, 1.54) is 0 Å². The Bertz CT molecular complexity index is 362. The third-order valence-electron chi connectivity index (χ3n) is 2.11. The van der Waals surface area contributed by atoms with Gasteiger partial charge in [-0.3, -0.25) is 4.79 Å². The van der Waals surface area contributed by atoms with E-state index >= 15 is 0 Å². The van der Waals surface area contributed by atoms with E-state index in [2.05, 4.69) is 0 Å². The number of carbonyl (C=O) groups excluding carboxylic acids is 3. The smallest absolute Gasteiger partial charge is 0.417 e. The molecule has 1 aliphatic heterocycles. The summed E-state index contributed by atoms with van der Waals surface area (Å²) in [6.45, 7) is 4.64. The number of hydrogen-bond acceptors (Lipinski definition) is 5. The Morgan fingerprint density at radius 3 is 2.41 bits per heavy atom. The maximum absolute atomic E-state index is 13.1. The average Bonchev–Trinajstić information content (AvgIpc) is 2.40. The number of amides is 2. The molecule has 0 radical (unpaired) electrons. The molecule has 96 valence electrons. The van der Waals surface area contributed by atoms with Gasteiger partial charge in [-0.1, -0.05) is 0 Å². The summed E-state index contributed by atoms with van der Waals surface area (Å²) in [7, 11) is 0. The summed E-state index contributed by atoms with van der Waals surface area (Å²) in [4.78, 5) is 33.8. The van der Waals surface area contributed by atoms with Crippen molar-refractivity contribution in [3.63, 3.8) is 0 Å². The minimum atomic E-state index is -2.01. The molecule has 17 heavy (non-hydrogen) atoms. The van der Waals surface area contributed by atoms with Crippen LogP contribution in [0.5, 0.6) is 0 Å². The predicted octanol–water partition coefficient (Wildman–Crippen LogP) is -0.390. The third kappa shape index (κ3) is 2.92. The van der Waals surface area contributed by atoms with E-state index in [9.17, 15) is 23.9 Å². The molecule has 0 bridgehead atoms. The molecule has 2 amide bonds. The van der Waals surface area contributed by atoms with E-state index in [1.54, 1.807) is 20.8 Å². The highest BCUT2D eigenvalue weighted by atomic mass is 19.1. The quantitative estimate of drug-likeness (QED) is 0.629. The van der Waals surface area contributed by atoms with E-state index in [4.69, 9.17) is 4.74 Å². The molecule has 0 spiro atoms. The van der Waals surface area contributed by atoms with Crippen LogP contribution < -0.4 is 5.11 Å². The number of likely N-dealkylation sites (tertiary alicyclic amines) is 1. The van der Waals surface area contributed by atoms with Crippen LogP contribution in [0, 0.1) is 0 Å². The van der Waals surface area contributed by atoms with Crippen molar-refractivity contribution in [2.75, 3.05) is 0 Å². The van der Waals surface area contributed by atoms with Gasteiger partial charge in [0.05, 0.1) is 12.0 Å². The van der Waals surface area contributed by atoms with Crippen LogP contribution in [-0.2, 0) is 14.3 Å². The van der Waals surface area contributed by atoms with Crippen molar-refractivity contribution in [2.45, 2.75) is 45.0 Å². The molecule has 1 heterocycles. The monoisotopic (exact) mass is 246 g/mol. The summed E-state index contributed by atoms with van der Waals surface area (Å²) in [5.74, 6) is -2.88. The fourth-order valence-corrected chi connectivity index (χ4v) is 1.44. The number of carboxylic acid groups (broad SMARTS) is 1. The van der Waals surface area contributed by atoms with Crippen molar-refractivity contribution in [3.05, 3.63) is 0 Å². The minimum absolute atomic E-state index is 0.269. The van der Waals surface area contributed by atoms with Gasteiger partial charge in [-0.2, -0.15) is 0 Å². The second-order valence-corrected chi connectivity index (χ2v) is 4.73. The molecule has 0 N–H and O–H groups in total. The van der Waals surface area contributed by atoms with Crippen LogP contribution in [0.25, 0.3) is 0 Å². The first-order valence-electron chi connectivity index (χ1n) is 5.04. The Balaban J connectivity index is 2.89. The lowest BCUT2D eigenvalue weighted by Crippen LogP contribution is -2.50. The van der Waals surface area contributed by atoms with Gasteiger partial charge in [-0.25, -0.2) is 14.1 Å². The molecule has 0 saturated carbocycles. The van der Waals surface area contributed by atoms with Gasteiger partial charge in [-0.05, 0) is 20.8 Å². The third-order valence-corrected chi connectivity index (χ3v) is 2.11. The van der Waals surface area contributed by atoms with Crippen LogP contribution in [0.1, 0.15) is 27.2 Å². The summed E-state index contributed by atoms with van der Waals surface area (Å²) in [5.41, 5.74) is -0.901. The Kier molecular flexibility index (Phi) is 3.40. The van der Waals surface area contributed by atoms with E-state index in [0.29, 0.717) is 0 Å². The summed E-state index contributed by atoms with van der Waals surface area (Å²) in [6, 6.07) is -1.60. The van der Waals surface area contributed by atoms with E-state index in [-0.39, 0.29) is 4.90 Å². The van der Waals surface area contributed by atoms with Crippen molar-refractivity contribution in [3.8, 4) is 0 Å². The SMILES string of the molecule is CC(C)(C)OC(=O)N1C(=O)C(F)CC1C(=O)[O-]. The fraction of sp³-hybridized carbons (Fsp3) is 0.700. The molecule has 1 saturated heterocycles. The van der Waals surface area contributed by atoms with Crippen LogP contribution in [0.2, 0.25) is 0 Å². The number of carbonyl (C=O) groups is 3. The Hall–Kier alpha value is -1.66. The van der Waals surface area contributed by atoms with Crippen LogP contribution in [0.4, 0.5) is 9.18 Å².